The van der Waals surface area contributed by atoms with Crippen LogP contribution < -0.4 is 0 Å². The quantitative estimate of drug-likeness (QED) is 0.214. The zero-order chi connectivity index (χ0) is 22.9. The highest BCUT2D eigenvalue weighted by atomic mass is 32.1. The number of thiophene rings is 1. The van der Waals surface area contributed by atoms with Crippen LogP contribution in [0.15, 0.2) is 121 Å². The monoisotopic (exact) mass is 460 g/mol. The van der Waals surface area contributed by atoms with Gasteiger partial charge in [0.2, 0.25) is 0 Å². The molecule has 0 N–H and O–H groups in total. The first-order valence-electron chi connectivity index (χ1n) is 12.0. The number of hydrogen-bond acceptors (Lipinski definition) is 1. The zero-order valence-corrected chi connectivity index (χ0v) is 19.8. The number of hydrogen-bond donors (Lipinski definition) is 0. The molecule has 0 fully saturated rings. The molecule has 0 aliphatic heterocycles. The van der Waals surface area contributed by atoms with Crippen LogP contribution in [-0.4, -0.2) is 0 Å². The van der Waals surface area contributed by atoms with Crippen LogP contribution in [0.25, 0.3) is 74.4 Å². The molecule has 0 nitrogen and oxygen atoms in total. The van der Waals surface area contributed by atoms with E-state index in [1.807, 2.05) is 11.3 Å². The predicted octanol–water partition coefficient (Wildman–Crippen LogP) is 10.3. The summed E-state index contributed by atoms with van der Waals surface area (Å²) in [6.45, 7) is 0. The first kappa shape index (κ1) is 19.1. The molecular formula is C34H20S. The Morgan fingerprint density at radius 1 is 0.343 bits per heavy atom. The first-order valence-corrected chi connectivity index (χ1v) is 12.8. The van der Waals surface area contributed by atoms with Crippen molar-refractivity contribution in [3.63, 3.8) is 0 Å². The molecule has 0 unspecified atom stereocenters. The average Bonchev–Trinajstić information content (AvgIpc) is 3.32. The molecule has 0 radical (unpaired) electrons. The Hall–Kier alpha value is -4.20. The Labute approximate surface area is 206 Å². The molecule has 0 bridgehead atoms. The minimum absolute atomic E-state index is 1.28. The van der Waals surface area contributed by atoms with E-state index in [1.54, 1.807) is 0 Å². The van der Waals surface area contributed by atoms with Gasteiger partial charge in [-0.05, 0) is 60.3 Å². The van der Waals surface area contributed by atoms with Gasteiger partial charge in [0.1, 0.15) is 0 Å². The van der Waals surface area contributed by atoms with Gasteiger partial charge in [0.25, 0.3) is 0 Å². The summed E-state index contributed by atoms with van der Waals surface area (Å²) in [6, 6.07) is 44.7. The van der Waals surface area contributed by atoms with Gasteiger partial charge in [-0.2, -0.15) is 0 Å². The minimum Gasteiger partial charge on any atom is -0.134 e. The van der Waals surface area contributed by atoms with Crippen molar-refractivity contribution in [3.05, 3.63) is 121 Å². The lowest BCUT2D eigenvalue weighted by Crippen LogP contribution is -1.85. The van der Waals surface area contributed by atoms with Crippen molar-refractivity contribution in [1.82, 2.24) is 0 Å². The fourth-order valence-corrected chi connectivity index (χ4v) is 7.20. The third-order valence-electron chi connectivity index (χ3n) is 7.44. The van der Waals surface area contributed by atoms with Crippen LogP contribution in [0.3, 0.4) is 0 Å². The Morgan fingerprint density at radius 3 is 1.63 bits per heavy atom. The summed E-state index contributed by atoms with van der Waals surface area (Å²) in [5.74, 6) is 0. The van der Waals surface area contributed by atoms with E-state index >= 15 is 0 Å². The fourth-order valence-electron chi connectivity index (χ4n) is 5.83. The average molecular weight is 461 g/mol. The van der Waals surface area contributed by atoms with Gasteiger partial charge in [0.05, 0.1) is 0 Å². The third kappa shape index (κ3) is 2.67. The number of fused-ring (bicyclic) bond motifs is 11. The largest absolute Gasteiger partial charge is 0.134 e. The summed E-state index contributed by atoms with van der Waals surface area (Å²) in [7, 11) is 0. The Balaban J connectivity index is 1.47. The van der Waals surface area contributed by atoms with Gasteiger partial charge in [-0.1, -0.05) is 115 Å². The third-order valence-corrected chi connectivity index (χ3v) is 8.73. The SMILES string of the molecule is c1ccc2c(c1)ccc1c3cccc(-c4ccc5c6ccccc6c6ccccc6c5c4)c3sc21. The van der Waals surface area contributed by atoms with E-state index < -0.39 is 0 Å². The molecule has 0 aliphatic rings. The molecule has 35 heavy (non-hydrogen) atoms. The van der Waals surface area contributed by atoms with Crippen LogP contribution in [0.1, 0.15) is 0 Å². The van der Waals surface area contributed by atoms with Crippen LogP contribution in [0.5, 0.6) is 0 Å². The minimum atomic E-state index is 1.28. The second-order valence-corrected chi connectivity index (χ2v) is 10.3. The zero-order valence-electron chi connectivity index (χ0n) is 19.0. The molecule has 8 rings (SSSR count). The highest BCUT2D eigenvalue weighted by molar-refractivity contribution is 7.27. The molecule has 0 aliphatic carbocycles. The highest BCUT2D eigenvalue weighted by Gasteiger charge is 2.14. The molecule has 1 heteroatoms. The Morgan fingerprint density at radius 2 is 0.886 bits per heavy atom. The highest BCUT2D eigenvalue weighted by Crippen LogP contribution is 2.44. The van der Waals surface area contributed by atoms with Crippen LogP contribution >= 0.6 is 11.3 Å². The molecule has 1 aromatic heterocycles. The lowest BCUT2D eigenvalue weighted by Gasteiger charge is -2.12. The summed E-state index contributed by atoms with van der Waals surface area (Å²) in [6.07, 6.45) is 0. The van der Waals surface area contributed by atoms with Gasteiger partial charge in [-0.15, -0.1) is 11.3 Å². The maximum absolute atomic E-state index is 2.40. The number of benzene rings is 7. The van der Waals surface area contributed by atoms with Gasteiger partial charge in [-0.3, -0.25) is 0 Å². The Kier molecular flexibility index (Phi) is 3.91. The van der Waals surface area contributed by atoms with Crippen molar-refractivity contribution >= 4 is 74.6 Å². The summed E-state index contributed by atoms with van der Waals surface area (Å²) in [4.78, 5) is 0. The van der Waals surface area contributed by atoms with Crippen molar-refractivity contribution < 1.29 is 0 Å². The topological polar surface area (TPSA) is 0 Å². The van der Waals surface area contributed by atoms with E-state index in [4.69, 9.17) is 0 Å². The smallest absolute Gasteiger partial charge is 0.0434 e. The molecule has 0 amide bonds. The van der Waals surface area contributed by atoms with E-state index in [1.165, 1.54) is 74.4 Å². The molecule has 0 atom stereocenters. The van der Waals surface area contributed by atoms with Gasteiger partial charge < -0.3 is 0 Å². The number of rotatable bonds is 1. The second-order valence-electron chi connectivity index (χ2n) is 9.30. The van der Waals surface area contributed by atoms with Crippen molar-refractivity contribution in [3.8, 4) is 11.1 Å². The molecule has 162 valence electrons. The van der Waals surface area contributed by atoms with Gasteiger partial charge in [0.15, 0.2) is 0 Å². The molecule has 0 saturated carbocycles. The molecule has 7 aromatic carbocycles. The van der Waals surface area contributed by atoms with Crippen LogP contribution in [0, 0.1) is 0 Å². The molecule has 8 aromatic rings. The molecule has 1 heterocycles. The maximum Gasteiger partial charge on any atom is 0.0434 e. The van der Waals surface area contributed by atoms with Crippen molar-refractivity contribution in [2.24, 2.45) is 0 Å². The van der Waals surface area contributed by atoms with E-state index in [-0.39, 0.29) is 0 Å². The lowest BCUT2D eigenvalue weighted by atomic mass is 9.92. The van der Waals surface area contributed by atoms with Crippen molar-refractivity contribution in [2.75, 3.05) is 0 Å². The summed E-state index contributed by atoms with van der Waals surface area (Å²) in [5, 5.41) is 13.3. The van der Waals surface area contributed by atoms with E-state index in [2.05, 4.69) is 121 Å². The normalized spacial score (nSPS) is 12.0. The van der Waals surface area contributed by atoms with Crippen molar-refractivity contribution in [1.29, 1.82) is 0 Å². The van der Waals surface area contributed by atoms with E-state index in [9.17, 15) is 0 Å². The standard InChI is InChI=1S/C34H20S/c1-2-9-23-21(8-1)16-19-31-30-15-7-14-24(34(30)35-33(23)31)22-17-18-29-27-12-4-3-10-25(27)26-11-5-6-13-28(26)32(29)20-22/h1-20H. The molecule has 0 saturated heterocycles. The van der Waals surface area contributed by atoms with Gasteiger partial charge in [-0.25, -0.2) is 0 Å². The molecular weight excluding hydrogens is 440 g/mol. The van der Waals surface area contributed by atoms with Gasteiger partial charge >= 0.3 is 0 Å². The van der Waals surface area contributed by atoms with Crippen LogP contribution in [0.2, 0.25) is 0 Å². The predicted molar refractivity (Wildman–Crippen MR) is 155 cm³/mol. The summed E-state index contributed by atoms with van der Waals surface area (Å²) in [5.41, 5.74) is 2.59. The van der Waals surface area contributed by atoms with E-state index in [0.717, 1.165) is 0 Å². The molecule has 0 spiro atoms. The van der Waals surface area contributed by atoms with Crippen LogP contribution in [-0.2, 0) is 0 Å². The summed E-state index contributed by atoms with van der Waals surface area (Å²) < 4.78 is 2.74. The van der Waals surface area contributed by atoms with Gasteiger partial charge in [0, 0.05) is 20.2 Å². The van der Waals surface area contributed by atoms with Crippen LogP contribution in [0.4, 0.5) is 0 Å². The first-order chi connectivity index (χ1) is 17.4. The lowest BCUT2D eigenvalue weighted by molar-refractivity contribution is 1.73. The Bertz CT molecular complexity index is 2070. The summed E-state index contributed by atoms with van der Waals surface area (Å²) >= 11 is 1.92. The fraction of sp³-hybridized carbons (Fsp3) is 0. The van der Waals surface area contributed by atoms with E-state index in [0.29, 0.717) is 0 Å². The second kappa shape index (κ2) is 7.15. The van der Waals surface area contributed by atoms with Crippen molar-refractivity contribution in [2.45, 2.75) is 0 Å². The maximum atomic E-state index is 2.40.